The summed E-state index contributed by atoms with van der Waals surface area (Å²) in [4.78, 5) is 32.5. The molecule has 2 aliphatic rings. The van der Waals surface area contributed by atoms with Crippen LogP contribution in [0, 0.1) is 19.8 Å². The molecule has 0 bridgehead atoms. The van der Waals surface area contributed by atoms with Gasteiger partial charge in [0.05, 0.1) is 18.6 Å². The van der Waals surface area contributed by atoms with E-state index < -0.39 is 0 Å². The molecule has 184 valence electrons. The van der Waals surface area contributed by atoms with E-state index in [0.717, 1.165) is 47.4 Å². The minimum absolute atomic E-state index is 0.0168. The first-order valence-electron chi connectivity index (χ1n) is 12.1. The smallest absolute Gasteiger partial charge is 0.283 e. The molecule has 2 atom stereocenters. The minimum Gasteiger partial charge on any atom is -0.497 e. The molecule has 0 aromatic heterocycles. The number of thioether (sulfide) groups is 1. The van der Waals surface area contributed by atoms with Gasteiger partial charge < -0.3 is 10.1 Å². The Morgan fingerprint density at radius 1 is 1.14 bits per heavy atom. The van der Waals surface area contributed by atoms with Gasteiger partial charge in [-0.05, 0) is 79.6 Å². The third kappa shape index (κ3) is 6.14. The van der Waals surface area contributed by atoms with E-state index in [2.05, 4.69) is 23.3 Å². The van der Waals surface area contributed by atoms with Gasteiger partial charge in [0.25, 0.3) is 5.91 Å². The number of amidine groups is 1. The van der Waals surface area contributed by atoms with E-state index in [0.29, 0.717) is 16.8 Å². The van der Waals surface area contributed by atoms with Crippen LogP contribution in [0.4, 0.5) is 5.69 Å². The first-order chi connectivity index (χ1) is 16.8. The molecular formula is C28H33N3O3S. The molecule has 7 heteroatoms. The van der Waals surface area contributed by atoms with Crippen molar-refractivity contribution in [3.63, 3.8) is 0 Å². The number of amides is 2. The molecule has 1 fully saturated rings. The van der Waals surface area contributed by atoms with Gasteiger partial charge in [-0.2, -0.15) is 0 Å². The topological polar surface area (TPSA) is 71.0 Å². The van der Waals surface area contributed by atoms with Crippen molar-refractivity contribution in [2.45, 2.75) is 52.5 Å². The van der Waals surface area contributed by atoms with E-state index in [1.807, 2.05) is 50.2 Å². The maximum Gasteiger partial charge on any atom is 0.283 e. The van der Waals surface area contributed by atoms with Crippen LogP contribution in [0.5, 0.6) is 5.75 Å². The van der Waals surface area contributed by atoms with E-state index >= 15 is 0 Å². The van der Waals surface area contributed by atoms with E-state index in [1.165, 1.54) is 18.2 Å². The van der Waals surface area contributed by atoms with Crippen LogP contribution in [0.15, 0.2) is 53.2 Å². The summed E-state index contributed by atoms with van der Waals surface area (Å²) in [7, 11) is 1.62. The number of benzene rings is 2. The Labute approximate surface area is 211 Å². The fourth-order valence-electron chi connectivity index (χ4n) is 4.67. The van der Waals surface area contributed by atoms with Crippen LogP contribution >= 0.6 is 11.8 Å². The number of nitrogens with one attached hydrogen (secondary N) is 1. The first kappa shape index (κ1) is 25.0. The predicted molar refractivity (Wildman–Crippen MR) is 144 cm³/mol. The zero-order valence-corrected chi connectivity index (χ0v) is 21.7. The molecule has 2 unspecified atom stereocenters. The SMILES string of the molecule is COc1ccc(C=C2N=C(SCC(=O)NC3CCCCC3C)N(c3cc(C)cc(C)c3)C2=O)cc1. The maximum atomic E-state index is 13.5. The van der Waals surface area contributed by atoms with Gasteiger partial charge in [-0.15, -0.1) is 0 Å². The highest BCUT2D eigenvalue weighted by Crippen LogP contribution is 2.31. The molecule has 2 amide bonds. The quantitative estimate of drug-likeness (QED) is 0.543. The summed E-state index contributed by atoms with van der Waals surface area (Å²) in [5.74, 6) is 1.24. The third-order valence-corrected chi connectivity index (χ3v) is 7.44. The van der Waals surface area contributed by atoms with Crippen molar-refractivity contribution in [2.75, 3.05) is 17.8 Å². The summed E-state index contributed by atoms with van der Waals surface area (Å²) in [6, 6.07) is 13.7. The number of hydrogen-bond donors (Lipinski definition) is 1. The van der Waals surface area contributed by atoms with Crippen LogP contribution < -0.4 is 15.0 Å². The molecule has 2 aromatic carbocycles. The number of rotatable bonds is 6. The van der Waals surface area contributed by atoms with E-state index in [4.69, 9.17) is 4.74 Å². The van der Waals surface area contributed by atoms with E-state index in [-0.39, 0.29) is 23.6 Å². The Bertz CT molecular complexity index is 1140. The largest absolute Gasteiger partial charge is 0.497 e. The van der Waals surface area contributed by atoms with Crippen molar-refractivity contribution in [3.05, 3.63) is 64.9 Å². The van der Waals surface area contributed by atoms with Crippen molar-refractivity contribution in [1.82, 2.24) is 5.32 Å². The Kier molecular flexibility index (Phi) is 7.96. The highest BCUT2D eigenvalue weighted by Gasteiger charge is 2.33. The fraction of sp³-hybridized carbons (Fsp3) is 0.393. The molecule has 0 saturated heterocycles. The second-order valence-electron chi connectivity index (χ2n) is 9.41. The molecule has 1 heterocycles. The number of carbonyl (C=O) groups excluding carboxylic acids is 2. The van der Waals surface area contributed by atoms with Gasteiger partial charge in [0, 0.05) is 6.04 Å². The summed E-state index contributed by atoms with van der Waals surface area (Å²) in [5.41, 5.74) is 4.09. The maximum absolute atomic E-state index is 13.5. The second-order valence-corrected chi connectivity index (χ2v) is 10.4. The summed E-state index contributed by atoms with van der Waals surface area (Å²) in [6.07, 6.45) is 6.34. The lowest BCUT2D eigenvalue weighted by molar-refractivity contribution is -0.119. The van der Waals surface area contributed by atoms with Crippen LogP contribution in [0.2, 0.25) is 0 Å². The Hall–Kier alpha value is -3.06. The molecule has 1 N–H and O–H groups in total. The molecular weight excluding hydrogens is 458 g/mol. The molecule has 1 aliphatic heterocycles. The lowest BCUT2D eigenvalue weighted by Gasteiger charge is -2.29. The number of anilines is 1. The van der Waals surface area contributed by atoms with Crippen LogP contribution in [0.3, 0.4) is 0 Å². The van der Waals surface area contributed by atoms with E-state index in [1.54, 1.807) is 18.1 Å². The predicted octanol–water partition coefficient (Wildman–Crippen LogP) is 5.48. The zero-order valence-electron chi connectivity index (χ0n) is 20.8. The average molecular weight is 492 g/mol. The van der Waals surface area contributed by atoms with Gasteiger partial charge in [0.1, 0.15) is 11.4 Å². The number of nitrogens with zero attached hydrogens (tertiary/aromatic N) is 2. The van der Waals surface area contributed by atoms with Crippen molar-refractivity contribution >= 4 is 40.5 Å². The minimum atomic E-state index is -0.199. The van der Waals surface area contributed by atoms with Crippen LogP contribution in [0.25, 0.3) is 6.08 Å². The monoisotopic (exact) mass is 491 g/mol. The van der Waals surface area contributed by atoms with Gasteiger partial charge >= 0.3 is 0 Å². The number of aliphatic imine (C=N–C) groups is 1. The number of hydrogen-bond acceptors (Lipinski definition) is 5. The van der Waals surface area contributed by atoms with Gasteiger partial charge in [-0.1, -0.05) is 49.7 Å². The molecule has 4 rings (SSSR count). The van der Waals surface area contributed by atoms with Crippen molar-refractivity contribution in [2.24, 2.45) is 10.9 Å². The lowest BCUT2D eigenvalue weighted by Crippen LogP contribution is -2.42. The van der Waals surface area contributed by atoms with Crippen LogP contribution in [-0.4, -0.2) is 35.9 Å². The highest BCUT2D eigenvalue weighted by molar-refractivity contribution is 8.14. The number of ether oxygens (including phenoxy) is 1. The zero-order chi connectivity index (χ0) is 24.9. The van der Waals surface area contributed by atoms with Gasteiger partial charge in [-0.3, -0.25) is 14.5 Å². The Morgan fingerprint density at radius 2 is 1.83 bits per heavy atom. The molecule has 2 aromatic rings. The molecule has 35 heavy (non-hydrogen) atoms. The lowest BCUT2D eigenvalue weighted by atomic mass is 9.86. The fourth-order valence-corrected chi connectivity index (χ4v) is 5.49. The van der Waals surface area contributed by atoms with Crippen molar-refractivity contribution in [1.29, 1.82) is 0 Å². The normalized spacial score (nSPS) is 21.3. The Balaban J connectivity index is 1.56. The van der Waals surface area contributed by atoms with E-state index in [9.17, 15) is 9.59 Å². The molecule has 1 saturated carbocycles. The average Bonchev–Trinajstić information content (AvgIpc) is 3.14. The van der Waals surface area contributed by atoms with Crippen molar-refractivity contribution < 1.29 is 14.3 Å². The summed E-state index contributed by atoms with van der Waals surface area (Å²) >= 11 is 1.30. The van der Waals surface area contributed by atoms with Crippen LogP contribution in [0.1, 0.15) is 49.3 Å². The highest BCUT2D eigenvalue weighted by atomic mass is 32.2. The summed E-state index contributed by atoms with van der Waals surface area (Å²) in [5, 5.41) is 3.71. The number of carbonyl (C=O) groups is 2. The first-order valence-corrected chi connectivity index (χ1v) is 13.1. The molecule has 1 aliphatic carbocycles. The summed E-state index contributed by atoms with van der Waals surface area (Å²) < 4.78 is 5.23. The van der Waals surface area contributed by atoms with Gasteiger partial charge in [-0.25, -0.2) is 4.99 Å². The Morgan fingerprint density at radius 3 is 2.49 bits per heavy atom. The van der Waals surface area contributed by atoms with Gasteiger partial charge in [0.2, 0.25) is 5.91 Å². The molecule has 0 spiro atoms. The number of methoxy groups -OCH3 is 1. The van der Waals surface area contributed by atoms with Gasteiger partial charge in [0.15, 0.2) is 5.17 Å². The third-order valence-electron chi connectivity index (χ3n) is 6.50. The van der Waals surface area contributed by atoms with Crippen molar-refractivity contribution in [3.8, 4) is 5.75 Å². The standard InChI is InChI=1S/C28H33N3O3S/c1-18-13-19(2)15-22(14-18)31-27(33)25(16-21-9-11-23(34-4)12-10-21)30-28(31)35-17-26(32)29-24-8-6-5-7-20(24)3/h9-16,20,24H,5-8,17H2,1-4H3,(H,29,32). The second kappa shape index (κ2) is 11.1. The molecule has 0 radical (unpaired) electrons. The molecule has 6 nitrogen and oxygen atoms in total. The number of aryl methyl sites for hydroxylation is 2. The van der Waals surface area contributed by atoms with Crippen LogP contribution in [-0.2, 0) is 9.59 Å². The summed E-state index contributed by atoms with van der Waals surface area (Å²) in [6.45, 7) is 6.22.